The number of ether oxygens (including phenoxy) is 1. The molecule has 1 fully saturated rings. The highest BCUT2D eigenvalue weighted by molar-refractivity contribution is 14.0. The van der Waals surface area contributed by atoms with E-state index in [0.717, 1.165) is 50.9 Å². The summed E-state index contributed by atoms with van der Waals surface area (Å²) in [6.45, 7) is 15.1. The topological polar surface area (TPSA) is 78.0 Å². The zero-order valence-corrected chi connectivity index (χ0v) is 22.5. The molecule has 0 bridgehead atoms. The van der Waals surface area contributed by atoms with Gasteiger partial charge in [-0.2, -0.15) is 0 Å². The average Bonchev–Trinajstić information content (AvgIpc) is 2.81. The van der Waals surface area contributed by atoms with Gasteiger partial charge in [0.15, 0.2) is 5.96 Å². The fourth-order valence-electron chi connectivity index (χ4n) is 4.07. The summed E-state index contributed by atoms with van der Waals surface area (Å²) >= 11 is 0. The maximum absolute atomic E-state index is 11.9. The molecule has 0 aromatic heterocycles. The number of morpholine rings is 1. The van der Waals surface area contributed by atoms with Crippen molar-refractivity contribution >= 4 is 35.8 Å². The van der Waals surface area contributed by atoms with E-state index in [4.69, 9.17) is 9.73 Å². The molecule has 0 spiro atoms. The summed E-state index contributed by atoms with van der Waals surface area (Å²) in [6.07, 6.45) is 2.34. The lowest BCUT2D eigenvalue weighted by Crippen LogP contribution is -2.53. The van der Waals surface area contributed by atoms with Crippen molar-refractivity contribution in [3.8, 4) is 0 Å². The quantitative estimate of drug-likeness (QED) is 0.221. The minimum atomic E-state index is -0.0388. The van der Waals surface area contributed by atoms with Crippen LogP contribution in [0.5, 0.6) is 0 Å². The van der Waals surface area contributed by atoms with Crippen LogP contribution in [-0.2, 0) is 11.3 Å². The van der Waals surface area contributed by atoms with Crippen molar-refractivity contribution < 1.29 is 9.53 Å². The Bertz CT molecular complexity index is 673. The van der Waals surface area contributed by atoms with E-state index in [1.165, 1.54) is 12.8 Å². The normalized spacial score (nSPS) is 15.7. The zero-order chi connectivity index (χ0) is 22.5. The highest BCUT2D eigenvalue weighted by Crippen LogP contribution is 2.19. The van der Waals surface area contributed by atoms with E-state index in [9.17, 15) is 4.79 Å². The molecule has 0 saturated carbocycles. The van der Waals surface area contributed by atoms with E-state index in [-0.39, 0.29) is 29.9 Å². The second-order valence-electron chi connectivity index (χ2n) is 7.92. The molecule has 0 radical (unpaired) electrons. The van der Waals surface area contributed by atoms with Crippen LogP contribution in [0.25, 0.3) is 0 Å². The van der Waals surface area contributed by atoms with E-state index >= 15 is 0 Å². The second-order valence-corrected chi connectivity index (χ2v) is 7.92. The summed E-state index contributed by atoms with van der Waals surface area (Å²) in [4.78, 5) is 19.3. The minimum Gasteiger partial charge on any atom is -0.379 e. The van der Waals surface area contributed by atoms with E-state index < -0.39 is 0 Å². The molecular weight excluding hydrogens is 517 g/mol. The number of carbonyl (C=O) groups is 1. The van der Waals surface area contributed by atoms with Crippen LogP contribution in [0.4, 0.5) is 0 Å². The largest absolute Gasteiger partial charge is 0.379 e. The Kier molecular flexibility index (Phi) is 14.6. The Morgan fingerprint density at radius 3 is 2.19 bits per heavy atom. The number of hydrogen-bond acceptors (Lipinski definition) is 4. The molecule has 1 aromatic carbocycles. The van der Waals surface area contributed by atoms with Gasteiger partial charge in [-0.15, -0.1) is 24.0 Å². The van der Waals surface area contributed by atoms with Crippen LogP contribution in [0.1, 0.15) is 56.5 Å². The number of hydrogen-bond donors (Lipinski definition) is 3. The molecule has 1 heterocycles. The predicted molar refractivity (Wildman–Crippen MR) is 143 cm³/mol. The molecule has 1 saturated heterocycles. The number of halogens is 1. The zero-order valence-electron chi connectivity index (χ0n) is 20.2. The number of guanidine groups is 1. The molecule has 182 valence electrons. The van der Waals surface area contributed by atoms with E-state index in [0.29, 0.717) is 30.6 Å². The predicted octanol–water partition coefficient (Wildman–Crippen LogP) is 3.25. The number of nitrogens with one attached hydrogen (secondary N) is 3. The van der Waals surface area contributed by atoms with Gasteiger partial charge in [0.25, 0.3) is 5.91 Å². The molecule has 1 amide bonds. The molecule has 1 atom stereocenters. The van der Waals surface area contributed by atoms with Crippen LogP contribution in [0.2, 0.25) is 0 Å². The van der Waals surface area contributed by atoms with Crippen LogP contribution in [0, 0.1) is 5.92 Å². The second kappa shape index (κ2) is 16.3. The van der Waals surface area contributed by atoms with Crippen molar-refractivity contribution in [1.29, 1.82) is 0 Å². The number of benzene rings is 1. The van der Waals surface area contributed by atoms with Gasteiger partial charge in [0.1, 0.15) is 0 Å². The number of nitrogens with zero attached hydrogens (tertiary/aromatic N) is 2. The molecule has 8 heteroatoms. The Morgan fingerprint density at radius 1 is 1.00 bits per heavy atom. The van der Waals surface area contributed by atoms with E-state index in [2.05, 4.69) is 41.6 Å². The summed E-state index contributed by atoms with van der Waals surface area (Å²) in [5.41, 5.74) is 1.76. The van der Waals surface area contributed by atoms with Crippen molar-refractivity contribution in [2.45, 2.75) is 53.1 Å². The van der Waals surface area contributed by atoms with Crippen molar-refractivity contribution in [2.75, 3.05) is 45.9 Å². The minimum absolute atomic E-state index is 0. The summed E-state index contributed by atoms with van der Waals surface area (Å²) in [5.74, 6) is 1.44. The molecule has 0 aliphatic carbocycles. The standard InChI is InChI=1S/C24H41N5O2.HI/c1-5-20(6-2)22(29-13-15-31-16-14-29)18-28-24(26-8-4)27-17-19-9-11-21(12-10-19)23(30)25-7-3;/h9-12,20,22H,5-8,13-18H2,1-4H3,(H,25,30)(H2,26,27,28);1H. The Balaban J connectivity index is 0.00000512. The van der Waals surface area contributed by atoms with Crippen LogP contribution in [0.15, 0.2) is 29.3 Å². The van der Waals surface area contributed by atoms with Crippen LogP contribution in [-0.4, -0.2) is 68.7 Å². The van der Waals surface area contributed by atoms with E-state index in [1.807, 2.05) is 31.2 Å². The van der Waals surface area contributed by atoms with Gasteiger partial charge in [-0.1, -0.05) is 38.8 Å². The third-order valence-electron chi connectivity index (χ3n) is 5.90. The molecule has 1 unspecified atom stereocenters. The molecule has 1 aliphatic heterocycles. The van der Waals surface area contributed by atoms with E-state index in [1.54, 1.807) is 0 Å². The Hall–Kier alpha value is -1.39. The van der Waals surface area contributed by atoms with Crippen molar-refractivity contribution in [3.05, 3.63) is 35.4 Å². The molecule has 1 aliphatic rings. The first-order valence-electron chi connectivity index (χ1n) is 11.8. The number of amides is 1. The van der Waals surface area contributed by atoms with Crippen LogP contribution in [0.3, 0.4) is 0 Å². The van der Waals surface area contributed by atoms with Crippen molar-refractivity contribution in [2.24, 2.45) is 10.9 Å². The smallest absolute Gasteiger partial charge is 0.251 e. The molecule has 7 nitrogen and oxygen atoms in total. The fraction of sp³-hybridized carbons (Fsp3) is 0.667. The van der Waals surface area contributed by atoms with Crippen molar-refractivity contribution in [3.63, 3.8) is 0 Å². The van der Waals surface area contributed by atoms with Gasteiger partial charge < -0.3 is 20.7 Å². The molecule has 32 heavy (non-hydrogen) atoms. The Morgan fingerprint density at radius 2 is 1.62 bits per heavy atom. The van der Waals surface area contributed by atoms with Gasteiger partial charge in [-0.3, -0.25) is 9.69 Å². The summed E-state index contributed by atoms with van der Waals surface area (Å²) < 4.78 is 5.56. The lowest BCUT2D eigenvalue weighted by molar-refractivity contribution is 0.00272. The first-order chi connectivity index (χ1) is 15.1. The molecular formula is C24H42IN5O2. The first-order valence-corrected chi connectivity index (χ1v) is 11.8. The monoisotopic (exact) mass is 559 g/mol. The fourth-order valence-corrected chi connectivity index (χ4v) is 4.07. The number of carbonyl (C=O) groups excluding carboxylic acids is 1. The molecule has 1 aromatic rings. The van der Waals surface area contributed by atoms with Gasteiger partial charge in [-0.25, -0.2) is 4.99 Å². The maximum atomic E-state index is 11.9. The summed E-state index contributed by atoms with van der Waals surface area (Å²) in [6, 6.07) is 8.13. The summed E-state index contributed by atoms with van der Waals surface area (Å²) in [5, 5.41) is 9.76. The summed E-state index contributed by atoms with van der Waals surface area (Å²) in [7, 11) is 0. The lowest BCUT2D eigenvalue weighted by atomic mass is 9.92. The van der Waals surface area contributed by atoms with Gasteiger partial charge >= 0.3 is 0 Å². The third kappa shape index (κ3) is 9.23. The third-order valence-corrected chi connectivity index (χ3v) is 5.90. The highest BCUT2D eigenvalue weighted by Gasteiger charge is 2.27. The van der Waals surface area contributed by atoms with Gasteiger partial charge in [0.2, 0.25) is 0 Å². The number of aliphatic imine (C=N–C) groups is 1. The van der Waals surface area contributed by atoms with Gasteiger partial charge in [0.05, 0.1) is 19.8 Å². The average molecular weight is 560 g/mol. The highest BCUT2D eigenvalue weighted by atomic mass is 127. The van der Waals surface area contributed by atoms with Crippen molar-refractivity contribution in [1.82, 2.24) is 20.9 Å². The Labute approximate surface area is 211 Å². The first kappa shape index (κ1) is 28.6. The van der Waals surface area contributed by atoms with Gasteiger partial charge in [-0.05, 0) is 37.5 Å². The number of rotatable bonds is 11. The van der Waals surface area contributed by atoms with Gasteiger partial charge in [0, 0.05) is 44.3 Å². The molecule has 3 N–H and O–H groups in total. The lowest BCUT2D eigenvalue weighted by Gasteiger charge is -2.39. The van der Waals surface area contributed by atoms with Crippen LogP contribution < -0.4 is 16.0 Å². The molecule has 2 rings (SSSR count). The van der Waals surface area contributed by atoms with Crippen LogP contribution >= 0.6 is 24.0 Å². The SMILES string of the molecule is CCNC(=O)c1ccc(CN=C(NCC)NCC(C(CC)CC)N2CCOCC2)cc1.I. The maximum Gasteiger partial charge on any atom is 0.251 e.